The number of hydrogen-bond donors (Lipinski definition) is 0. The second-order valence-corrected chi connectivity index (χ2v) is 6.83. The van der Waals surface area contributed by atoms with Crippen molar-refractivity contribution in [2.45, 2.75) is 12.8 Å². The number of methoxy groups -OCH3 is 1. The lowest BCUT2D eigenvalue weighted by Gasteiger charge is -2.10. The number of halogens is 1. The fourth-order valence-electron chi connectivity index (χ4n) is 2.82. The molecule has 0 heterocycles. The van der Waals surface area contributed by atoms with Crippen LogP contribution in [-0.2, 0) is 30.2 Å². The quantitative estimate of drug-likeness (QED) is 0.262. The molecule has 170 valence electrons. The Morgan fingerprint density at radius 2 is 1.78 bits per heavy atom. The summed E-state index contributed by atoms with van der Waals surface area (Å²) in [6, 6.07) is 12.0. The average Bonchev–Trinajstić information content (AvgIpc) is 2.80. The zero-order valence-electron chi connectivity index (χ0n) is 18.1. The molecule has 0 saturated carbocycles. The minimum atomic E-state index is -0.525. The van der Waals surface area contributed by atoms with Gasteiger partial charge in [-0.15, -0.1) is 0 Å². The molecule has 0 bridgehead atoms. The van der Waals surface area contributed by atoms with E-state index in [0.717, 1.165) is 11.6 Å². The summed E-state index contributed by atoms with van der Waals surface area (Å²) in [7, 11) is 1.47. The van der Waals surface area contributed by atoms with Crippen LogP contribution in [0, 0.1) is 5.82 Å². The maximum Gasteiger partial charge on any atom is 0.335 e. The zero-order valence-corrected chi connectivity index (χ0v) is 18.1. The first-order valence-electron chi connectivity index (χ1n) is 10.1. The summed E-state index contributed by atoms with van der Waals surface area (Å²) in [5.74, 6) is -0.746. The van der Waals surface area contributed by atoms with Gasteiger partial charge in [0.25, 0.3) is 0 Å². The van der Waals surface area contributed by atoms with E-state index in [9.17, 15) is 14.0 Å². The second-order valence-electron chi connectivity index (χ2n) is 6.83. The van der Waals surface area contributed by atoms with E-state index in [1.54, 1.807) is 30.3 Å². The molecule has 0 fully saturated rings. The first-order valence-corrected chi connectivity index (χ1v) is 10.1. The number of carbonyl (C=O) groups excluding carboxylic acids is 2. The van der Waals surface area contributed by atoms with Crippen LogP contribution in [0.2, 0.25) is 0 Å². The van der Waals surface area contributed by atoms with Gasteiger partial charge in [0.2, 0.25) is 0 Å². The van der Waals surface area contributed by atoms with E-state index in [1.807, 2.05) is 6.07 Å². The number of benzene rings is 2. The predicted molar refractivity (Wildman–Crippen MR) is 119 cm³/mol. The molecule has 0 aliphatic heterocycles. The van der Waals surface area contributed by atoms with E-state index >= 15 is 0 Å². The third kappa shape index (κ3) is 8.00. The molecular formula is C25H27FO6. The van der Waals surface area contributed by atoms with Crippen molar-refractivity contribution in [3.05, 3.63) is 78.7 Å². The highest BCUT2D eigenvalue weighted by Crippen LogP contribution is 2.26. The minimum Gasteiger partial charge on any atom is -0.490 e. The van der Waals surface area contributed by atoms with Gasteiger partial charge in [-0.1, -0.05) is 37.4 Å². The third-order valence-electron chi connectivity index (χ3n) is 4.41. The van der Waals surface area contributed by atoms with Crippen LogP contribution in [0.15, 0.2) is 67.3 Å². The van der Waals surface area contributed by atoms with Crippen molar-refractivity contribution in [2.24, 2.45) is 0 Å². The van der Waals surface area contributed by atoms with Crippen molar-refractivity contribution in [1.29, 1.82) is 0 Å². The summed E-state index contributed by atoms with van der Waals surface area (Å²) in [6.07, 6.45) is 2.30. The molecule has 7 heteroatoms. The van der Waals surface area contributed by atoms with Gasteiger partial charge < -0.3 is 18.9 Å². The zero-order chi connectivity index (χ0) is 23.3. The van der Waals surface area contributed by atoms with Crippen LogP contribution in [0.25, 0.3) is 11.1 Å². The smallest absolute Gasteiger partial charge is 0.335 e. The van der Waals surface area contributed by atoms with E-state index < -0.39 is 11.9 Å². The van der Waals surface area contributed by atoms with Gasteiger partial charge in [-0.2, -0.15) is 0 Å². The molecule has 2 aromatic carbocycles. The van der Waals surface area contributed by atoms with Crippen LogP contribution >= 0.6 is 0 Å². The monoisotopic (exact) mass is 442 g/mol. The van der Waals surface area contributed by atoms with E-state index in [4.69, 9.17) is 18.9 Å². The van der Waals surface area contributed by atoms with Crippen molar-refractivity contribution < 1.29 is 32.9 Å². The van der Waals surface area contributed by atoms with Gasteiger partial charge in [0.15, 0.2) is 0 Å². The topological polar surface area (TPSA) is 71.1 Å². The Balaban J connectivity index is 1.83. The molecule has 0 amide bonds. The molecule has 0 atom stereocenters. The highest BCUT2D eigenvalue weighted by molar-refractivity contribution is 5.87. The third-order valence-corrected chi connectivity index (χ3v) is 4.41. The SMILES string of the molecule is C=CC(=O)OCCCc1ccc(-c2ccc(OCCOC(=O)C(=C)COC)cc2)c(F)c1. The Morgan fingerprint density at radius 1 is 1.03 bits per heavy atom. The molecule has 0 unspecified atom stereocenters. The largest absolute Gasteiger partial charge is 0.490 e. The van der Waals surface area contributed by atoms with Crippen molar-refractivity contribution in [1.82, 2.24) is 0 Å². The summed E-state index contributed by atoms with van der Waals surface area (Å²) >= 11 is 0. The van der Waals surface area contributed by atoms with Crippen LogP contribution < -0.4 is 4.74 Å². The van der Waals surface area contributed by atoms with Gasteiger partial charge >= 0.3 is 11.9 Å². The molecule has 2 aromatic rings. The Labute approximate surface area is 187 Å². The standard InChI is InChI=1S/C25H27FO6/c1-4-24(27)31-13-5-6-19-7-12-22(23(26)16-19)20-8-10-21(11-9-20)30-14-15-32-25(28)18(2)17-29-3/h4,7-12,16H,1-2,5-6,13-15,17H2,3H3. The van der Waals surface area contributed by atoms with Crippen LogP contribution in [0.5, 0.6) is 5.75 Å². The number of carbonyl (C=O) groups is 2. The van der Waals surface area contributed by atoms with E-state index in [2.05, 4.69) is 13.2 Å². The summed E-state index contributed by atoms with van der Waals surface area (Å²) in [4.78, 5) is 22.6. The lowest BCUT2D eigenvalue weighted by molar-refractivity contribution is -0.140. The second kappa shape index (κ2) is 13.1. The fourth-order valence-corrected chi connectivity index (χ4v) is 2.82. The molecule has 0 aliphatic carbocycles. The Kier molecular flexibility index (Phi) is 10.1. The van der Waals surface area contributed by atoms with Gasteiger partial charge in [-0.25, -0.2) is 14.0 Å². The summed E-state index contributed by atoms with van der Waals surface area (Å²) in [6.45, 7) is 7.53. The van der Waals surface area contributed by atoms with Crippen molar-refractivity contribution in [2.75, 3.05) is 33.5 Å². The normalized spacial score (nSPS) is 10.3. The van der Waals surface area contributed by atoms with Gasteiger partial charge in [0, 0.05) is 18.7 Å². The Morgan fingerprint density at radius 3 is 2.44 bits per heavy atom. The molecule has 0 aromatic heterocycles. The van der Waals surface area contributed by atoms with Gasteiger partial charge in [-0.05, 0) is 42.2 Å². The van der Waals surface area contributed by atoms with Crippen LogP contribution in [-0.4, -0.2) is 45.5 Å². The lowest BCUT2D eigenvalue weighted by Crippen LogP contribution is -2.15. The van der Waals surface area contributed by atoms with Gasteiger partial charge in [-0.3, -0.25) is 0 Å². The minimum absolute atomic E-state index is 0.0756. The first-order chi connectivity index (χ1) is 15.4. The molecule has 0 spiro atoms. The number of aryl methyl sites for hydroxylation is 1. The maximum atomic E-state index is 14.6. The molecule has 0 aliphatic rings. The number of ether oxygens (including phenoxy) is 4. The van der Waals surface area contributed by atoms with Gasteiger partial charge in [0.1, 0.15) is 24.8 Å². The lowest BCUT2D eigenvalue weighted by atomic mass is 10.0. The maximum absolute atomic E-state index is 14.6. The number of rotatable bonds is 13. The molecule has 2 rings (SSSR count). The predicted octanol–water partition coefficient (Wildman–Crippen LogP) is 4.28. The summed E-state index contributed by atoms with van der Waals surface area (Å²) < 4.78 is 34.9. The van der Waals surface area contributed by atoms with E-state index in [-0.39, 0.29) is 37.8 Å². The molecule has 32 heavy (non-hydrogen) atoms. The van der Waals surface area contributed by atoms with E-state index in [1.165, 1.54) is 13.2 Å². The molecule has 0 N–H and O–H groups in total. The first kappa shape index (κ1) is 24.8. The molecular weight excluding hydrogens is 415 g/mol. The Bertz CT molecular complexity index is 936. The van der Waals surface area contributed by atoms with Crippen LogP contribution in [0.4, 0.5) is 4.39 Å². The fraction of sp³-hybridized carbons (Fsp3) is 0.280. The van der Waals surface area contributed by atoms with Crippen molar-refractivity contribution >= 4 is 11.9 Å². The highest BCUT2D eigenvalue weighted by Gasteiger charge is 2.09. The van der Waals surface area contributed by atoms with Crippen LogP contribution in [0.3, 0.4) is 0 Å². The van der Waals surface area contributed by atoms with Crippen molar-refractivity contribution in [3.8, 4) is 16.9 Å². The Hall–Kier alpha value is -3.45. The molecule has 6 nitrogen and oxygen atoms in total. The van der Waals surface area contributed by atoms with Crippen molar-refractivity contribution in [3.63, 3.8) is 0 Å². The van der Waals surface area contributed by atoms with Crippen LogP contribution in [0.1, 0.15) is 12.0 Å². The highest BCUT2D eigenvalue weighted by atomic mass is 19.1. The summed E-state index contributed by atoms with van der Waals surface area (Å²) in [5, 5.41) is 0. The number of hydrogen-bond acceptors (Lipinski definition) is 6. The summed E-state index contributed by atoms with van der Waals surface area (Å²) in [5.41, 5.74) is 2.25. The molecule has 0 radical (unpaired) electrons. The molecule has 0 saturated heterocycles. The van der Waals surface area contributed by atoms with Gasteiger partial charge in [0.05, 0.1) is 18.8 Å². The average molecular weight is 442 g/mol. The van der Waals surface area contributed by atoms with E-state index in [0.29, 0.717) is 29.7 Å². The number of esters is 2.